The summed E-state index contributed by atoms with van der Waals surface area (Å²) in [7, 11) is 1.64. The van der Waals surface area contributed by atoms with E-state index in [1.165, 1.54) is 12.1 Å². The number of aryl methyl sites for hydroxylation is 1. The number of methoxy groups -OCH3 is 1. The molecule has 6 nitrogen and oxygen atoms in total. The predicted molar refractivity (Wildman–Crippen MR) is 121 cm³/mol. The van der Waals surface area contributed by atoms with E-state index in [9.17, 15) is 8.78 Å². The summed E-state index contributed by atoms with van der Waals surface area (Å²) in [4.78, 5) is 12.0. The molecule has 170 valence electrons. The third-order valence-electron chi connectivity index (χ3n) is 6.13. The minimum absolute atomic E-state index is 0.390. The van der Waals surface area contributed by atoms with Gasteiger partial charge in [0.25, 0.3) is 0 Å². The van der Waals surface area contributed by atoms with Crippen molar-refractivity contribution in [3.05, 3.63) is 83.0 Å². The van der Waals surface area contributed by atoms with Crippen LogP contribution in [-0.4, -0.2) is 33.9 Å². The molecular weight excluding hydrogens is 426 g/mol. The minimum Gasteiger partial charge on any atom is -0.495 e. The predicted octanol–water partition coefficient (Wildman–Crippen LogP) is 5.16. The lowest BCUT2D eigenvalue weighted by molar-refractivity contribution is -0.0916. The third-order valence-corrected chi connectivity index (χ3v) is 6.13. The van der Waals surface area contributed by atoms with Crippen LogP contribution in [0.5, 0.6) is 5.75 Å². The van der Waals surface area contributed by atoms with Gasteiger partial charge in [0, 0.05) is 31.3 Å². The Morgan fingerprint density at radius 1 is 1.15 bits per heavy atom. The highest BCUT2D eigenvalue weighted by molar-refractivity contribution is 6.03. The van der Waals surface area contributed by atoms with Crippen LogP contribution in [0.15, 0.2) is 59.7 Å². The molecule has 5 rings (SSSR count). The number of nitrogens with zero attached hydrogens (tertiary/aromatic N) is 4. The molecular formula is C25H24F2N4O2. The quantitative estimate of drug-likeness (QED) is 0.551. The van der Waals surface area contributed by atoms with E-state index < -0.39 is 17.4 Å². The van der Waals surface area contributed by atoms with Crippen LogP contribution in [0.25, 0.3) is 11.8 Å². The molecule has 0 bridgehead atoms. The molecule has 0 saturated carbocycles. The number of rotatable bonds is 4. The van der Waals surface area contributed by atoms with Gasteiger partial charge in [0.2, 0.25) is 5.72 Å². The van der Waals surface area contributed by atoms with Crippen LogP contribution in [0.1, 0.15) is 36.6 Å². The number of hydrogen-bond acceptors (Lipinski definition) is 5. The molecule has 3 aromatic rings. The first kappa shape index (κ1) is 21.2. The average molecular weight is 450 g/mol. The van der Waals surface area contributed by atoms with Gasteiger partial charge in [-0.1, -0.05) is 11.2 Å². The fourth-order valence-corrected chi connectivity index (χ4v) is 4.44. The van der Waals surface area contributed by atoms with E-state index in [1.807, 2.05) is 40.8 Å². The van der Waals surface area contributed by atoms with Crippen LogP contribution < -0.4 is 4.74 Å². The van der Waals surface area contributed by atoms with Gasteiger partial charge >= 0.3 is 0 Å². The van der Waals surface area contributed by atoms with Crippen molar-refractivity contribution in [1.29, 1.82) is 0 Å². The fourth-order valence-electron chi connectivity index (χ4n) is 4.44. The van der Waals surface area contributed by atoms with Gasteiger partial charge in [-0.25, -0.2) is 13.8 Å². The van der Waals surface area contributed by atoms with Crippen LogP contribution in [0.4, 0.5) is 8.78 Å². The van der Waals surface area contributed by atoms with E-state index in [1.54, 1.807) is 20.4 Å². The molecule has 0 amide bonds. The summed E-state index contributed by atoms with van der Waals surface area (Å²) in [5, 5.41) is 4.32. The Bertz CT molecular complexity index is 1260. The van der Waals surface area contributed by atoms with E-state index in [0.717, 1.165) is 47.2 Å². The molecule has 2 aliphatic rings. The second-order valence-electron chi connectivity index (χ2n) is 8.43. The number of fused-ring (bicyclic) bond motifs is 1. The molecule has 1 saturated heterocycles. The van der Waals surface area contributed by atoms with Gasteiger partial charge in [0.1, 0.15) is 17.4 Å². The summed E-state index contributed by atoms with van der Waals surface area (Å²) in [5.74, 6) is 0.119. The van der Waals surface area contributed by atoms with Crippen molar-refractivity contribution in [2.24, 2.45) is 5.16 Å². The summed E-state index contributed by atoms with van der Waals surface area (Å²) in [5.41, 5.74) is 3.09. The number of piperidine rings is 1. The van der Waals surface area contributed by atoms with Gasteiger partial charge in [0.05, 0.1) is 24.8 Å². The molecule has 0 aliphatic carbocycles. The Hall–Kier alpha value is -3.68. The van der Waals surface area contributed by atoms with E-state index in [-0.39, 0.29) is 0 Å². The molecule has 2 aromatic carbocycles. The Labute approximate surface area is 190 Å². The van der Waals surface area contributed by atoms with E-state index in [2.05, 4.69) is 16.2 Å². The SMILES string of the molecule is COc1cc(/C=C2\CCCN3C2=NOC3(C)c2cc(F)cc(F)c2)ccc1-n1cnc(C)c1. The second kappa shape index (κ2) is 8.03. The van der Waals surface area contributed by atoms with Crippen molar-refractivity contribution in [3.63, 3.8) is 0 Å². The van der Waals surface area contributed by atoms with Gasteiger partial charge in [-0.15, -0.1) is 0 Å². The molecule has 2 aliphatic heterocycles. The summed E-state index contributed by atoms with van der Waals surface area (Å²) in [6, 6.07) is 9.40. The summed E-state index contributed by atoms with van der Waals surface area (Å²) in [6.45, 7) is 4.39. The molecule has 1 aromatic heterocycles. The first-order valence-electron chi connectivity index (χ1n) is 10.8. The van der Waals surface area contributed by atoms with Crippen molar-refractivity contribution in [2.45, 2.75) is 32.4 Å². The van der Waals surface area contributed by atoms with E-state index in [4.69, 9.17) is 9.57 Å². The third kappa shape index (κ3) is 3.75. The van der Waals surface area contributed by atoms with Crippen molar-refractivity contribution < 1.29 is 18.4 Å². The molecule has 0 N–H and O–H groups in total. The molecule has 1 unspecified atom stereocenters. The first-order chi connectivity index (χ1) is 15.9. The largest absolute Gasteiger partial charge is 0.495 e. The highest BCUT2D eigenvalue weighted by Crippen LogP contribution is 2.40. The zero-order valence-electron chi connectivity index (χ0n) is 18.7. The highest BCUT2D eigenvalue weighted by atomic mass is 19.1. The lowest BCUT2D eigenvalue weighted by Gasteiger charge is -2.37. The number of imidazole rings is 1. The van der Waals surface area contributed by atoms with Gasteiger partial charge < -0.3 is 19.0 Å². The standard InChI is InChI=1S/C25H24F2N4O2/c1-16-14-30(15-28-16)22-7-6-17(10-23(22)32-3)9-18-5-4-8-31-24(18)29-33-25(31,2)19-11-20(26)13-21(27)12-19/h6-7,9-15H,4-5,8H2,1-3H3/b18-9+. The number of aromatic nitrogens is 2. The van der Waals surface area contributed by atoms with Gasteiger partial charge in [-0.2, -0.15) is 0 Å². The number of ether oxygens (including phenoxy) is 1. The van der Waals surface area contributed by atoms with Gasteiger partial charge in [-0.3, -0.25) is 0 Å². The molecule has 8 heteroatoms. The van der Waals surface area contributed by atoms with Crippen LogP contribution in [0.2, 0.25) is 0 Å². The van der Waals surface area contributed by atoms with Crippen LogP contribution in [0.3, 0.4) is 0 Å². The van der Waals surface area contributed by atoms with Crippen LogP contribution in [0, 0.1) is 18.6 Å². The van der Waals surface area contributed by atoms with Crippen molar-refractivity contribution in [2.75, 3.05) is 13.7 Å². The highest BCUT2D eigenvalue weighted by Gasteiger charge is 2.46. The van der Waals surface area contributed by atoms with Crippen molar-refractivity contribution in [3.8, 4) is 11.4 Å². The first-order valence-corrected chi connectivity index (χ1v) is 10.8. The lowest BCUT2D eigenvalue weighted by Crippen LogP contribution is -2.47. The molecule has 1 fully saturated rings. The van der Waals surface area contributed by atoms with Gasteiger partial charge in [-0.05, 0) is 61.2 Å². The smallest absolute Gasteiger partial charge is 0.234 e. The van der Waals surface area contributed by atoms with E-state index >= 15 is 0 Å². The Kier molecular flexibility index (Phi) is 5.15. The molecule has 33 heavy (non-hydrogen) atoms. The number of benzene rings is 2. The average Bonchev–Trinajstić information content (AvgIpc) is 3.38. The molecule has 1 atom stereocenters. The maximum atomic E-state index is 13.9. The number of oxime groups is 1. The maximum absolute atomic E-state index is 13.9. The number of hydrogen-bond donors (Lipinski definition) is 0. The molecule has 0 radical (unpaired) electrons. The zero-order valence-corrected chi connectivity index (χ0v) is 18.7. The van der Waals surface area contributed by atoms with Crippen LogP contribution >= 0.6 is 0 Å². The van der Waals surface area contributed by atoms with Gasteiger partial charge in [0.15, 0.2) is 5.84 Å². The summed E-state index contributed by atoms with van der Waals surface area (Å²) < 4.78 is 35.3. The molecule has 3 heterocycles. The monoisotopic (exact) mass is 450 g/mol. The number of amidine groups is 1. The zero-order chi connectivity index (χ0) is 23.2. The molecule has 0 spiro atoms. The normalized spacial score (nSPS) is 21.1. The lowest BCUT2D eigenvalue weighted by atomic mass is 9.95. The number of halogens is 2. The second-order valence-corrected chi connectivity index (χ2v) is 8.43. The Balaban J connectivity index is 1.47. The Morgan fingerprint density at radius 2 is 1.94 bits per heavy atom. The van der Waals surface area contributed by atoms with Crippen molar-refractivity contribution >= 4 is 11.9 Å². The summed E-state index contributed by atoms with van der Waals surface area (Å²) in [6.07, 6.45) is 7.43. The Morgan fingerprint density at radius 3 is 2.64 bits per heavy atom. The van der Waals surface area contributed by atoms with Crippen LogP contribution in [-0.2, 0) is 10.6 Å². The van der Waals surface area contributed by atoms with Crippen molar-refractivity contribution in [1.82, 2.24) is 14.5 Å². The summed E-state index contributed by atoms with van der Waals surface area (Å²) >= 11 is 0. The minimum atomic E-state index is -1.07. The topological polar surface area (TPSA) is 51.9 Å². The van der Waals surface area contributed by atoms with E-state index in [0.29, 0.717) is 17.9 Å². The maximum Gasteiger partial charge on any atom is 0.234 e. The fraction of sp³-hybridized carbons (Fsp3) is 0.280.